The van der Waals surface area contributed by atoms with E-state index in [1.165, 1.54) is 71.6 Å². The van der Waals surface area contributed by atoms with Crippen LogP contribution in [-0.4, -0.2) is 18.3 Å². The Morgan fingerprint density at radius 1 is 0.267 bits per heavy atom. The van der Waals surface area contributed by atoms with E-state index in [1.54, 1.807) is 0 Å². The molecular formula is C70H55N5. The van der Waals surface area contributed by atoms with Gasteiger partial charge < -0.3 is 18.3 Å². The SMILES string of the molecule is Cc1ccc2c(c1)c1cc(C)ccc1n2-c1c(-c2c(C)c(C)c(C)c(C)c2C)c(-n2c3ccc(C)cc3c3cc(C)ccc32)c(-n2c3ccccc3c3ccccc32)c(C#N)c1-n1c2ccccc2c2ccccc21. The van der Waals surface area contributed by atoms with Crippen molar-refractivity contribution >= 4 is 87.2 Å². The summed E-state index contributed by atoms with van der Waals surface area (Å²) in [6.45, 7) is 20.3. The zero-order valence-corrected chi connectivity index (χ0v) is 43.9. The van der Waals surface area contributed by atoms with Gasteiger partial charge in [0.05, 0.1) is 66.9 Å². The molecule has 4 aromatic heterocycles. The Labute approximate surface area is 436 Å². The fourth-order valence-electron chi connectivity index (χ4n) is 13.1. The van der Waals surface area contributed by atoms with Crippen LogP contribution in [0.25, 0.3) is 121 Å². The van der Waals surface area contributed by atoms with Crippen LogP contribution in [0.1, 0.15) is 55.6 Å². The van der Waals surface area contributed by atoms with E-state index in [9.17, 15) is 5.26 Å². The lowest BCUT2D eigenvalue weighted by Gasteiger charge is -2.31. The molecule has 0 saturated heterocycles. The van der Waals surface area contributed by atoms with Crippen molar-refractivity contribution in [1.29, 1.82) is 5.26 Å². The molecule has 0 aliphatic heterocycles. The third kappa shape index (κ3) is 6.11. The first-order chi connectivity index (χ1) is 36.4. The van der Waals surface area contributed by atoms with Crippen LogP contribution in [0.2, 0.25) is 0 Å². The molecule has 360 valence electrons. The summed E-state index contributed by atoms with van der Waals surface area (Å²) in [6, 6.07) is 65.7. The van der Waals surface area contributed by atoms with Crippen LogP contribution in [0, 0.1) is 73.6 Å². The first-order valence-electron chi connectivity index (χ1n) is 26.2. The molecular weight excluding hydrogens is 911 g/mol. The van der Waals surface area contributed by atoms with Crippen molar-refractivity contribution in [3.8, 4) is 39.9 Å². The van der Waals surface area contributed by atoms with Gasteiger partial charge in [-0.2, -0.15) is 5.26 Å². The Hall–Kier alpha value is -9.11. The van der Waals surface area contributed by atoms with E-state index >= 15 is 0 Å². The number of aromatic nitrogens is 4. The van der Waals surface area contributed by atoms with Crippen LogP contribution in [-0.2, 0) is 0 Å². The molecule has 10 aromatic carbocycles. The van der Waals surface area contributed by atoms with Gasteiger partial charge in [-0.15, -0.1) is 0 Å². The van der Waals surface area contributed by atoms with Crippen LogP contribution in [0.3, 0.4) is 0 Å². The number of nitriles is 1. The second-order valence-corrected chi connectivity index (χ2v) is 21.2. The standard InChI is InChI=1S/C70H55N5/c1-39-26-30-61-52(34-39)53-35-40(2)27-31-62(53)74(61)69-66(65-46(8)44(6)43(5)45(7)47(65)9)70(75-63-32-28-41(3)36-54(63)55-37-42(4)29-33-64(55)75)68(73-59-24-16-12-20-50(59)51-21-13-17-25-60(51)73)56(38-71)67(69)72-57-22-14-10-18-48(57)49-19-11-15-23-58(49)72/h10-37H,1-9H3. The molecule has 0 radical (unpaired) electrons. The van der Waals surface area contributed by atoms with E-state index in [1.807, 2.05) is 0 Å². The Kier molecular flexibility index (Phi) is 9.63. The molecule has 0 amide bonds. The molecule has 0 N–H and O–H groups in total. The second kappa shape index (κ2) is 16.2. The summed E-state index contributed by atoms with van der Waals surface area (Å²) in [6.07, 6.45) is 0. The minimum Gasteiger partial charge on any atom is -0.306 e. The topological polar surface area (TPSA) is 43.5 Å². The summed E-state index contributed by atoms with van der Waals surface area (Å²) in [4.78, 5) is 0. The maximum absolute atomic E-state index is 12.9. The highest BCUT2D eigenvalue weighted by molar-refractivity contribution is 6.17. The zero-order valence-electron chi connectivity index (χ0n) is 43.9. The van der Waals surface area contributed by atoms with Gasteiger partial charge in [0, 0.05) is 48.7 Å². The van der Waals surface area contributed by atoms with Gasteiger partial charge >= 0.3 is 0 Å². The highest BCUT2D eigenvalue weighted by Gasteiger charge is 2.36. The van der Waals surface area contributed by atoms with Crippen molar-refractivity contribution in [2.24, 2.45) is 0 Å². The van der Waals surface area contributed by atoms with Gasteiger partial charge in [-0.3, -0.25) is 0 Å². The minimum atomic E-state index is 0.570. The third-order valence-electron chi connectivity index (χ3n) is 17.0. The smallest absolute Gasteiger partial charge is 0.104 e. The monoisotopic (exact) mass is 965 g/mol. The van der Waals surface area contributed by atoms with Gasteiger partial charge in [-0.05, 0) is 168 Å². The van der Waals surface area contributed by atoms with E-state index in [2.05, 4.69) is 257 Å². The molecule has 5 heteroatoms. The fraction of sp³-hybridized carbons (Fsp3) is 0.129. The normalized spacial score (nSPS) is 12.1. The molecule has 0 aliphatic rings. The third-order valence-corrected chi connectivity index (χ3v) is 17.0. The van der Waals surface area contributed by atoms with Gasteiger partial charge in [-0.25, -0.2) is 0 Å². The summed E-state index contributed by atoms with van der Waals surface area (Å²) in [5, 5.41) is 22.1. The molecule has 0 bridgehead atoms. The van der Waals surface area contributed by atoms with Crippen LogP contribution >= 0.6 is 0 Å². The maximum atomic E-state index is 12.9. The number of benzene rings is 10. The van der Waals surface area contributed by atoms with Crippen molar-refractivity contribution in [3.05, 3.63) is 225 Å². The largest absolute Gasteiger partial charge is 0.306 e. The second-order valence-electron chi connectivity index (χ2n) is 21.2. The average Bonchev–Trinajstić information content (AvgIpc) is 4.14. The van der Waals surface area contributed by atoms with Gasteiger partial charge in [-0.1, -0.05) is 119 Å². The quantitative estimate of drug-likeness (QED) is 0.169. The van der Waals surface area contributed by atoms with E-state index in [0.29, 0.717) is 5.56 Å². The molecule has 0 aliphatic carbocycles. The summed E-state index contributed by atoms with van der Waals surface area (Å²) < 4.78 is 9.92. The molecule has 4 heterocycles. The highest BCUT2D eigenvalue weighted by Crippen LogP contribution is 2.53. The highest BCUT2D eigenvalue weighted by atomic mass is 15.1. The Morgan fingerprint density at radius 2 is 0.520 bits per heavy atom. The predicted molar refractivity (Wildman–Crippen MR) is 317 cm³/mol. The van der Waals surface area contributed by atoms with Crippen molar-refractivity contribution in [2.45, 2.75) is 62.3 Å². The average molecular weight is 966 g/mol. The fourth-order valence-corrected chi connectivity index (χ4v) is 13.1. The lowest BCUT2D eigenvalue weighted by Crippen LogP contribution is -2.17. The van der Waals surface area contributed by atoms with Crippen LogP contribution in [0.15, 0.2) is 170 Å². The number of rotatable bonds is 5. The predicted octanol–water partition coefficient (Wildman–Crippen LogP) is 18.4. The van der Waals surface area contributed by atoms with E-state index < -0.39 is 0 Å². The lowest BCUT2D eigenvalue weighted by atomic mass is 9.83. The number of nitrogens with zero attached hydrogens (tertiary/aromatic N) is 5. The number of aryl methyl sites for hydroxylation is 4. The van der Waals surface area contributed by atoms with E-state index in [0.717, 1.165) is 99.6 Å². The molecule has 0 spiro atoms. The van der Waals surface area contributed by atoms with Gasteiger partial charge in [0.2, 0.25) is 0 Å². The molecule has 0 fully saturated rings. The molecule has 14 aromatic rings. The number of hydrogen-bond donors (Lipinski definition) is 0. The lowest BCUT2D eigenvalue weighted by molar-refractivity contribution is 1.03. The van der Waals surface area contributed by atoms with Crippen LogP contribution in [0.5, 0.6) is 0 Å². The molecule has 14 rings (SSSR count). The Bertz CT molecular complexity index is 4360. The molecule has 0 atom stereocenters. The summed E-state index contributed by atoms with van der Waals surface area (Å²) in [7, 11) is 0. The number of fused-ring (bicyclic) bond motifs is 12. The van der Waals surface area contributed by atoms with Gasteiger partial charge in [0.25, 0.3) is 0 Å². The molecule has 5 nitrogen and oxygen atoms in total. The summed E-state index contributed by atoms with van der Waals surface area (Å²) >= 11 is 0. The zero-order chi connectivity index (χ0) is 51.3. The van der Waals surface area contributed by atoms with Crippen molar-refractivity contribution in [1.82, 2.24) is 18.3 Å². The number of para-hydroxylation sites is 4. The van der Waals surface area contributed by atoms with Crippen LogP contribution in [0.4, 0.5) is 0 Å². The van der Waals surface area contributed by atoms with E-state index in [4.69, 9.17) is 0 Å². The Morgan fingerprint density at radius 3 is 0.813 bits per heavy atom. The molecule has 0 saturated carbocycles. The first-order valence-corrected chi connectivity index (χ1v) is 26.2. The van der Waals surface area contributed by atoms with E-state index in [-0.39, 0.29) is 0 Å². The summed E-state index contributed by atoms with van der Waals surface area (Å²) in [5.74, 6) is 0. The first kappa shape index (κ1) is 44.6. The minimum absolute atomic E-state index is 0.570. The number of hydrogen-bond acceptors (Lipinski definition) is 1. The van der Waals surface area contributed by atoms with Crippen molar-refractivity contribution in [3.63, 3.8) is 0 Å². The van der Waals surface area contributed by atoms with Crippen LogP contribution < -0.4 is 0 Å². The van der Waals surface area contributed by atoms with Gasteiger partial charge in [0.15, 0.2) is 0 Å². The molecule has 75 heavy (non-hydrogen) atoms. The van der Waals surface area contributed by atoms with Gasteiger partial charge in [0.1, 0.15) is 11.6 Å². The Balaban J connectivity index is 1.40. The maximum Gasteiger partial charge on any atom is 0.104 e. The molecule has 0 unspecified atom stereocenters. The van der Waals surface area contributed by atoms with Crippen molar-refractivity contribution in [2.75, 3.05) is 0 Å². The summed E-state index contributed by atoms with van der Waals surface area (Å²) in [5.41, 5.74) is 25.8. The van der Waals surface area contributed by atoms with Crippen molar-refractivity contribution < 1.29 is 0 Å².